The topological polar surface area (TPSA) is 61.3 Å². The molecule has 0 fully saturated rings. The van der Waals surface area contributed by atoms with E-state index in [0.29, 0.717) is 29.1 Å². The molecular formula is C16H32N2O2Si. The molecule has 1 aromatic rings. The Morgan fingerprint density at radius 1 is 1.14 bits per heavy atom. The second-order valence-corrected chi connectivity index (χ2v) is 13.1. The third kappa shape index (κ3) is 3.69. The molecule has 1 rings (SSSR count). The molecule has 0 unspecified atom stereocenters. The number of nitrogens with two attached hydrogens (primary N) is 1. The summed E-state index contributed by atoms with van der Waals surface area (Å²) in [4.78, 5) is 0. The van der Waals surface area contributed by atoms with Crippen LogP contribution in [0.4, 0.5) is 5.88 Å². The molecule has 4 nitrogen and oxygen atoms in total. The minimum Gasteiger partial charge on any atom is -0.415 e. The molecule has 0 bridgehead atoms. The maximum Gasteiger partial charge on any atom is 0.222 e. The molecule has 5 heteroatoms. The highest BCUT2D eigenvalue weighted by Gasteiger charge is 2.46. The van der Waals surface area contributed by atoms with Gasteiger partial charge in [0, 0.05) is 18.1 Å². The van der Waals surface area contributed by atoms with Gasteiger partial charge >= 0.3 is 0 Å². The fourth-order valence-electron chi connectivity index (χ4n) is 3.49. The van der Waals surface area contributed by atoms with E-state index in [9.17, 15) is 0 Å². The molecule has 21 heavy (non-hydrogen) atoms. The van der Waals surface area contributed by atoms with Crippen LogP contribution < -0.4 is 5.73 Å². The first-order valence-corrected chi connectivity index (χ1v) is 10.0. The number of nitrogen functional groups attached to an aromatic ring is 1. The van der Waals surface area contributed by atoms with Crippen LogP contribution in [0, 0.1) is 0 Å². The van der Waals surface area contributed by atoms with E-state index in [1.807, 2.05) is 0 Å². The van der Waals surface area contributed by atoms with Gasteiger partial charge in [0.25, 0.3) is 0 Å². The van der Waals surface area contributed by atoms with E-state index in [2.05, 4.69) is 60.5 Å². The van der Waals surface area contributed by atoms with Gasteiger partial charge in [-0.3, -0.25) is 0 Å². The highest BCUT2D eigenvalue weighted by atomic mass is 28.4. The van der Waals surface area contributed by atoms with Gasteiger partial charge in [-0.05, 0) is 16.6 Å². The van der Waals surface area contributed by atoms with Gasteiger partial charge in [0.05, 0.1) is 5.69 Å². The van der Waals surface area contributed by atoms with Crippen molar-refractivity contribution in [3.8, 4) is 0 Å². The van der Waals surface area contributed by atoms with Crippen molar-refractivity contribution in [3.63, 3.8) is 0 Å². The summed E-state index contributed by atoms with van der Waals surface area (Å²) in [5, 5.41) is 4.06. The summed E-state index contributed by atoms with van der Waals surface area (Å²) in [6.07, 6.45) is 0. The summed E-state index contributed by atoms with van der Waals surface area (Å²) in [5.74, 6) is 0.359. The lowest BCUT2D eigenvalue weighted by Crippen LogP contribution is -2.49. The van der Waals surface area contributed by atoms with Crippen molar-refractivity contribution in [3.05, 3.63) is 11.8 Å². The Morgan fingerprint density at radius 2 is 1.62 bits per heavy atom. The van der Waals surface area contributed by atoms with Crippen molar-refractivity contribution in [1.82, 2.24) is 5.16 Å². The lowest BCUT2D eigenvalue weighted by Gasteiger charge is -2.43. The highest BCUT2D eigenvalue weighted by molar-refractivity contribution is 6.77. The second kappa shape index (κ2) is 6.52. The number of rotatable bonds is 7. The van der Waals surface area contributed by atoms with Crippen LogP contribution in [0.25, 0.3) is 0 Å². The van der Waals surface area contributed by atoms with Gasteiger partial charge in [-0.15, -0.1) is 0 Å². The number of anilines is 1. The summed E-state index contributed by atoms with van der Waals surface area (Å²) >= 11 is 0. The zero-order valence-electron chi connectivity index (χ0n) is 14.9. The number of nitrogens with zero attached hydrogens (tertiary/aromatic N) is 1. The van der Waals surface area contributed by atoms with Gasteiger partial charge in [-0.2, -0.15) is 0 Å². The van der Waals surface area contributed by atoms with Crippen molar-refractivity contribution in [2.45, 2.75) is 77.4 Å². The molecule has 0 atom stereocenters. The van der Waals surface area contributed by atoms with Crippen molar-refractivity contribution in [2.75, 3.05) is 12.3 Å². The Balaban J connectivity index is 2.96. The van der Waals surface area contributed by atoms with E-state index in [0.717, 1.165) is 5.69 Å². The van der Waals surface area contributed by atoms with Crippen LogP contribution in [0.1, 0.15) is 61.1 Å². The molecule has 122 valence electrons. The van der Waals surface area contributed by atoms with E-state index in [-0.39, 0.29) is 5.41 Å². The molecule has 0 aliphatic rings. The predicted octanol–water partition coefficient (Wildman–Crippen LogP) is 4.73. The lowest BCUT2D eigenvalue weighted by molar-refractivity contribution is 0.206. The summed E-state index contributed by atoms with van der Waals surface area (Å²) in [6, 6.07) is 1.80. The maximum atomic E-state index is 6.66. The summed E-state index contributed by atoms with van der Waals surface area (Å²) in [6.45, 7) is 18.7. The van der Waals surface area contributed by atoms with E-state index in [1.165, 1.54) is 0 Å². The summed E-state index contributed by atoms with van der Waals surface area (Å²) < 4.78 is 11.7. The Bertz CT molecular complexity index is 431. The molecule has 1 heterocycles. The van der Waals surface area contributed by atoms with Crippen LogP contribution in [-0.2, 0) is 9.84 Å². The number of hydrogen-bond donors (Lipinski definition) is 1. The molecule has 0 aromatic carbocycles. The molecular weight excluding hydrogens is 280 g/mol. The predicted molar refractivity (Wildman–Crippen MR) is 90.9 cm³/mol. The van der Waals surface area contributed by atoms with Crippen molar-refractivity contribution < 1.29 is 8.95 Å². The first-order valence-electron chi connectivity index (χ1n) is 7.90. The van der Waals surface area contributed by atoms with Gasteiger partial charge in [0.1, 0.15) is 0 Å². The van der Waals surface area contributed by atoms with Crippen molar-refractivity contribution in [2.24, 2.45) is 0 Å². The highest BCUT2D eigenvalue weighted by Crippen LogP contribution is 2.43. The Kier molecular flexibility index (Phi) is 5.67. The second-order valence-electron chi connectivity index (χ2n) is 7.60. The monoisotopic (exact) mass is 312 g/mol. The van der Waals surface area contributed by atoms with E-state index in [1.54, 1.807) is 6.07 Å². The van der Waals surface area contributed by atoms with Crippen molar-refractivity contribution >= 4 is 14.2 Å². The average molecular weight is 313 g/mol. The standard InChI is InChI=1S/C16H32N2O2Si/c1-11(2)21(12(3)4,13(5)6)19-10-16(7,8)14-9-15(17)20-18-14/h9,11-13H,10,17H2,1-8H3. The number of hydrogen-bond acceptors (Lipinski definition) is 4. The van der Waals surface area contributed by atoms with E-state index in [4.69, 9.17) is 14.7 Å². The normalized spacial score (nSPS) is 13.7. The first-order chi connectivity index (χ1) is 9.54. The largest absolute Gasteiger partial charge is 0.415 e. The quantitative estimate of drug-likeness (QED) is 0.740. The Labute approximate surface area is 130 Å². The summed E-state index contributed by atoms with van der Waals surface area (Å²) in [7, 11) is -1.85. The Hall–Kier alpha value is -0.813. The third-order valence-electron chi connectivity index (χ3n) is 4.61. The zero-order valence-corrected chi connectivity index (χ0v) is 15.9. The van der Waals surface area contributed by atoms with Crippen LogP contribution in [0.3, 0.4) is 0 Å². The van der Waals surface area contributed by atoms with Crippen molar-refractivity contribution in [1.29, 1.82) is 0 Å². The average Bonchev–Trinajstić information content (AvgIpc) is 2.75. The molecule has 0 amide bonds. The van der Waals surface area contributed by atoms with E-state index < -0.39 is 8.32 Å². The molecule has 0 radical (unpaired) electrons. The van der Waals surface area contributed by atoms with Gasteiger partial charge in [0.15, 0.2) is 8.32 Å². The van der Waals surface area contributed by atoms with Crippen LogP contribution in [0.2, 0.25) is 16.6 Å². The minimum atomic E-state index is -1.85. The smallest absolute Gasteiger partial charge is 0.222 e. The molecule has 0 spiro atoms. The van der Waals surface area contributed by atoms with Crippen LogP contribution in [0.15, 0.2) is 10.6 Å². The molecule has 1 aromatic heterocycles. The van der Waals surface area contributed by atoms with E-state index >= 15 is 0 Å². The zero-order chi connectivity index (χ0) is 16.4. The molecule has 0 saturated heterocycles. The van der Waals surface area contributed by atoms with Gasteiger partial charge in [-0.25, -0.2) is 0 Å². The molecule has 2 N–H and O–H groups in total. The molecule has 0 aliphatic carbocycles. The van der Waals surface area contributed by atoms with Crippen LogP contribution in [0.5, 0.6) is 0 Å². The van der Waals surface area contributed by atoms with Gasteiger partial charge in [0.2, 0.25) is 5.88 Å². The van der Waals surface area contributed by atoms with Crippen LogP contribution in [-0.4, -0.2) is 20.1 Å². The third-order valence-corrected chi connectivity index (χ3v) is 10.7. The fraction of sp³-hybridized carbons (Fsp3) is 0.812. The first kappa shape index (κ1) is 18.2. The SMILES string of the molecule is CC(C)[Si](OCC(C)(C)c1cc(N)on1)(C(C)C)C(C)C. The molecule has 0 aliphatic heterocycles. The Morgan fingerprint density at radius 3 is 1.95 bits per heavy atom. The van der Waals surface area contributed by atoms with Crippen LogP contribution >= 0.6 is 0 Å². The minimum absolute atomic E-state index is 0.196. The number of aromatic nitrogens is 1. The fourth-order valence-corrected chi connectivity index (χ4v) is 9.10. The lowest BCUT2D eigenvalue weighted by atomic mass is 9.91. The molecule has 0 saturated carbocycles. The summed E-state index contributed by atoms with van der Waals surface area (Å²) in [5.41, 5.74) is 8.04. The van der Waals surface area contributed by atoms with Gasteiger partial charge < -0.3 is 14.7 Å². The maximum absolute atomic E-state index is 6.66. The van der Waals surface area contributed by atoms with Gasteiger partial charge in [-0.1, -0.05) is 60.5 Å².